The quantitative estimate of drug-likeness (QED) is 0.580. The van der Waals surface area contributed by atoms with Crippen LogP contribution in [-0.4, -0.2) is 17.3 Å². The first-order chi connectivity index (χ1) is 11.6. The van der Waals surface area contributed by atoms with Crippen molar-refractivity contribution in [3.05, 3.63) is 62.9 Å². The molecule has 0 aliphatic carbocycles. The molecule has 132 valence electrons. The summed E-state index contributed by atoms with van der Waals surface area (Å²) in [7, 11) is 0. The monoisotopic (exact) mass is 419 g/mol. The number of hydrogen-bond acceptors (Lipinski definition) is 3. The number of halogens is 5. The second kappa shape index (κ2) is 7.22. The van der Waals surface area contributed by atoms with E-state index in [0.29, 0.717) is 12.4 Å². The van der Waals surface area contributed by atoms with Gasteiger partial charge in [0, 0.05) is 12.1 Å². The van der Waals surface area contributed by atoms with Crippen molar-refractivity contribution in [2.75, 3.05) is 0 Å². The number of rotatable bonds is 4. The molecule has 0 saturated heterocycles. The molecule has 1 amide bonds. The van der Waals surface area contributed by atoms with Gasteiger partial charge in [-0.1, -0.05) is 6.07 Å². The van der Waals surface area contributed by atoms with Crippen LogP contribution >= 0.6 is 15.9 Å². The summed E-state index contributed by atoms with van der Waals surface area (Å²) < 4.78 is 51.9. The maximum Gasteiger partial charge on any atom is 0.416 e. The van der Waals surface area contributed by atoms with Gasteiger partial charge in [0.2, 0.25) is 0 Å². The Bertz CT molecular complexity index is 837. The molecule has 2 aromatic rings. The second-order valence-electron chi connectivity index (χ2n) is 5.00. The molecule has 0 bridgehead atoms. The molecule has 4 nitrogen and oxygen atoms in total. The van der Waals surface area contributed by atoms with Crippen molar-refractivity contribution in [2.24, 2.45) is 0 Å². The molecular weight excluding hydrogens is 410 g/mol. The van der Waals surface area contributed by atoms with Gasteiger partial charge in [-0.3, -0.25) is 9.59 Å². The summed E-state index contributed by atoms with van der Waals surface area (Å²) in [4.78, 5) is 22.9. The highest BCUT2D eigenvalue weighted by molar-refractivity contribution is 9.10. The molecular formula is C16H10BrF4NO3. The number of phenols is 1. The normalized spacial score (nSPS) is 11.2. The van der Waals surface area contributed by atoms with Gasteiger partial charge in [0.15, 0.2) is 6.29 Å². The highest BCUT2D eigenvalue weighted by Gasteiger charge is 2.33. The summed E-state index contributed by atoms with van der Waals surface area (Å²) in [6.07, 6.45) is -4.44. The fourth-order valence-electron chi connectivity index (χ4n) is 2.09. The van der Waals surface area contributed by atoms with Crippen molar-refractivity contribution in [2.45, 2.75) is 12.7 Å². The molecule has 0 atom stereocenters. The smallest absolute Gasteiger partial charge is 0.416 e. The first kappa shape index (κ1) is 18.9. The Balaban J connectivity index is 2.24. The number of carbonyl (C=O) groups excluding carboxylic acids is 2. The van der Waals surface area contributed by atoms with Gasteiger partial charge in [-0.15, -0.1) is 0 Å². The number of carbonyl (C=O) groups is 2. The van der Waals surface area contributed by atoms with E-state index in [0.717, 1.165) is 18.2 Å². The van der Waals surface area contributed by atoms with Crippen LogP contribution in [0.25, 0.3) is 0 Å². The van der Waals surface area contributed by atoms with Crippen molar-refractivity contribution in [1.29, 1.82) is 0 Å². The lowest BCUT2D eigenvalue weighted by Gasteiger charge is -2.14. The van der Waals surface area contributed by atoms with Gasteiger partial charge < -0.3 is 10.4 Å². The number of benzene rings is 2. The number of nitrogens with one attached hydrogen (secondary N) is 1. The number of amides is 1. The van der Waals surface area contributed by atoms with Gasteiger partial charge in [-0.05, 0) is 45.8 Å². The van der Waals surface area contributed by atoms with E-state index < -0.39 is 30.0 Å². The summed E-state index contributed by atoms with van der Waals surface area (Å²) in [6.45, 7) is -0.497. The first-order valence-electron chi connectivity index (χ1n) is 6.75. The molecule has 0 saturated carbocycles. The highest BCUT2D eigenvalue weighted by atomic mass is 79.9. The predicted molar refractivity (Wildman–Crippen MR) is 83.8 cm³/mol. The van der Waals surface area contributed by atoms with Crippen molar-refractivity contribution in [3.63, 3.8) is 0 Å². The van der Waals surface area contributed by atoms with Crippen LogP contribution in [0.5, 0.6) is 5.75 Å². The Labute approximate surface area is 147 Å². The summed E-state index contributed by atoms with van der Waals surface area (Å²) in [5, 5.41) is 11.9. The summed E-state index contributed by atoms with van der Waals surface area (Å²) in [5.74, 6) is -2.16. The minimum absolute atomic E-state index is 0.0394. The molecule has 0 heterocycles. The minimum Gasteiger partial charge on any atom is -0.506 e. The molecule has 0 aromatic heterocycles. The van der Waals surface area contributed by atoms with Gasteiger partial charge in [0.1, 0.15) is 11.6 Å². The van der Waals surface area contributed by atoms with E-state index in [1.807, 2.05) is 0 Å². The van der Waals surface area contributed by atoms with E-state index in [1.54, 1.807) is 0 Å². The van der Waals surface area contributed by atoms with E-state index in [4.69, 9.17) is 0 Å². The van der Waals surface area contributed by atoms with E-state index in [-0.39, 0.29) is 26.9 Å². The molecule has 9 heteroatoms. The minimum atomic E-state index is -4.77. The van der Waals surface area contributed by atoms with Crippen LogP contribution in [0.3, 0.4) is 0 Å². The maximum atomic E-state index is 13.1. The van der Waals surface area contributed by atoms with E-state index in [9.17, 15) is 32.3 Å². The van der Waals surface area contributed by atoms with Crippen LogP contribution < -0.4 is 5.32 Å². The largest absolute Gasteiger partial charge is 0.506 e. The third-order valence-corrected chi connectivity index (χ3v) is 3.90. The molecule has 2 aromatic carbocycles. The Morgan fingerprint density at radius 2 is 1.92 bits per heavy atom. The van der Waals surface area contributed by atoms with Crippen LogP contribution in [0.15, 0.2) is 34.8 Å². The predicted octanol–water partition coefficient (Wildman–Crippen LogP) is 4.06. The van der Waals surface area contributed by atoms with Crippen LogP contribution in [-0.2, 0) is 12.7 Å². The molecule has 0 spiro atoms. The highest BCUT2D eigenvalue weighted by Crippen LogP contribution is 2.32. The maximum absolute atomic E-state index is 13.1. The van der Waals surface area contributed by atoms with Gasteiger partial charge in [-0.25, -0.2) is 4.39 Å². The average Bonchev–Trinajstić information content (AvgIpc) is 2.54. The van der Waals surface area contributed by atoms with Crippen molar-refractivity contribution in [1.82, 2.24) is 5.32 Å². The Morgan fingerprint density at radius 1 is 1.24 bits per heavy atom. The Kier molecular flexibility index (Phi) is 5.46. The molecule has 25 heavy (non-hydrogen) atoms. The zero-order valence-electron chi connectivity index (χ0n) is 12.3. The number of phenolic OH excluding ortho intramolecular Hbond substituents is 1. The molecule has 2 N–H and O–H groups in total. The SMILES string of the molecule is O=Cc1cc(C(=O)NCc2ccc(F)cc2C(F)(F)F)cc(Br)c1O. The van der Waals surface area contributed by atoms with Crippen LogP contribution in [0.2, 0.25) is 0 Å². The lowest BCUT2D eigenvalue weighted by Crippen LogP contribution is -2.24. The lowest BCUT2D eigenvalue weighted by atomic mass is 10.1. The topological polar surface area (TPSA) is 66.4 Å². The number of aldehydes is 1. The van der Waals surface area contributed by atoms with Gasteiger partial charge >= 0.3 is 6.18 Å². The van der Waals surface area contributed by atoms with Crippen LogP contribution in [0.1, 0.15) is 31.8 Å². The lowest BCUT2D eigenvalue weighted by molar-refractivity contribution is -0.138. The molecule has 0 fully saturated rings. The molecule has 0 aliphatic heterocycles. The number of alkyl halides is 3. The molecule has 0 radical (unpaired) electrons. The average molecular weight is 420 g/mol. The van der Waals surface area contributed by atoms with E-state index in [2.05, 4.69) is 21.2 Å². The number of aromatic hydroxyl groups is 1. The van der Waals surface area contributed by atoms with Gasteiger partial charge in [0.05, 0.1) is 15.6 Å². The van der Waals surface area contributed by atoms with Gasteiger partial charge in [-0.2, -0.15) is 13.2 Å². The molecule has 0 aliphatic rings. The summed E-state index contributed by atoms with van der Waals surface area (Å²) in [6, 6.07) is 4.45. The first-order valence-corrected chi connectivity index (χ1v) is 7.54. The fraction of sp³-hybridized carbons (Fsp3) is 0.125. The summed E-state index contributed by atoms with van der Waals surface area (Å²) in [5.41, 5.74) is -1.69. The Morgan fingerprint density at radius 3 is 2.52 bits per heavy atom. The zero-order chi connectivity index (χ0) is 18.8. The van der Waals surface area contributed by atoms with E-state index in [1.165, 1.54) is 6.07 Å². The third-order valence-electron chi connectivity index (χ3n) is 3.30. The molecule has 0 unspecified atom stereocenters. The van der Waals surface area contributed by atoms with Crippen LogP contribution in [0.4, 0.5) is 17.6 Å². The van der Waals surface area contributed by atoms with E-state index >= 15 is 0 Å². The zero-order valence-corrected chi connectivity index (χ0v) is 13.9. The van der Waals surface area contributed by atoms with Gasteiger partial charge in [0.25, 0.3) is 5.91 Å². The van der Waals surface area contributed by atoms with Crippen molar-refractivity contribution >= 4 is 28.1 Å². The third kappa shape index (κ3) is 4.36. The molecule has 2 rings (SSSR count). The number of hydrogen-bond donors (Lipinski definition) is 2. The van der Waals surface area contributed by atoms with Crippen molar-refractivity contribution in [3.8, 4) is 5.75 Å². The standard InChI is InChI=1S/C16H10BrF4NO3/c17-13-4-9(3-10(7-23)14(13)24)15(25)22-6-8-1-2-11(18)5-12(8)16(19,20)21/h1-5,7,24H,6H2,(H,22,25). The van der Waals surface area contributed by atoms with Crippen molar-refractivity contribution < 1.29 is 32.3 Å². The van der Waals surface area contributed by atoms with Crippen LogP contribution in [0, 0.1) is 5.82 Å². The Hall–Kier alpha value is -2.42. The summed E-state index contributed by atoms with van der Waals surface area (Å²) >= 11 is 2.97. The fourth-order valence-corrected chi connectivity index (χ4v) is 2.56. The second-order valence-corrected chi connectivity index (χ2v) is 5.85.